The van der Waals surface area contributed by atoms with Crippen molar-refractivity contribution in [1.82, 2.24) is 9.71 Å². The quantitative estimate of drug-likeness (QED) is 0.887. The van der Waals surface area contributed by atoms with E-state index in [4.69, 9.17) is 4.74 Å². The number of ether oxygens (including phenoxy) is 1. The number of hydrogen-bond donors (Lipinski definition) is 1. The molecule has 0 saturated carbocycles. The Morgan fingerprint density at radius 1 is 1.24 bits per heavy atom. The Kier molecular flexibility index (Phi) is 4.87. The zero-order valence-corrected chi connectivity index (χ0v) is 12.2. The van der Waals surface area contributed by atoms with Crippen molar-refractivity contribution in [2.45, 2.75) is 18.4 Å². The van der Waals surface area contributed by atoms with Crippen LogP contribution < -0.4 is 9.46 Å². The average molecular weight is 310 g/mol. The van der Waals surface area contributed by atoms with Gasteiger partial charge in [0.25, 0.3) is 0 Å². The molecule has 0 spiro atoms. The van der Waals surface area contributed by atoms with Gasteiger partial charge in [-0.3, -0.25) is 0 Å². The number of nitrogens with zero attached hydrogens (tertiary/aromatic N) is 1. The molecule has 0 saturated heterocycles. The van der Waals surface area contributed by atoms with Gasteiger partial charge in [0.15, 0.2) is 0 Å². The van der Waals surface area contributed by atoms with E-state index in [1.165, 1.54) is 12.1 Å². The van der Waals surface area contributed by atoms with Crippen molar-refractivity contribution in [3.05, 3.63) is 54.0 Å². The van der Waals surface area contributed by atoms with Gasteiger partial charge in [-0.1, -0.05) is 6.07 Å². The summed E-state index contributed by atoms with van der Waals surface area (Å²) in [6.45, 7) is 2.30. The molecule has 2 aromatic rings. The Bertz CT molecular complexity index is 702. The molecule has 7 heteroatoms. The molecule has 1 aromatic heterocycles. The molecule has 0 unspecified atom stereocenters. The van der Waals surface area contributed by atoms with Gasteiger partial charge < -0.3 is 4.74 Å². The number of aromatic nitrogens is 1. The van der Waals surface area contributed by atoms with Crippen molar-refractivity contribution in [3.8, 4) is 5.88 Å². The third kappa shape index (κ3) is 3.99. The molecular weight excluding hydrogens is 295 g/mol. The molecule has 0 aliphatic carbocycles. The monoisotopic (exact) mass is 310 g/mol. The lowest BCUT2D eigenvalue weighted by atomic mass is 10.3. The molecule has 112 valence electrons. The Labute approximate surface area is 122 Å². The van der Waals surface area contributed by atoms with Crippen LogP contribution in [0.25, 0.3) is 0 Å². The first-order chi connectivity index (χ1) is 10.0. The van der Waals surface area contributed by atoms with E-state index in [9.17, 15) is 12.8 Å². The van der Waals surface area contributed by atoms with Gasteiger partial charge in [0.2, 0.25) is 15.9 Å². The summed E-state index contributed by atoms with van der Waals surface area (Å²) in [5.41, 5.74) is 0.630. The molecule has 21 heavy (non-hydrogen) atoms. The number of sulfonamides is 1. The third-order valence-corrected chi connectivity index (χ3v) is 4.12. The highest BCUT2D eigenvalue weighted by molar-refractivity contribution is 7.89. The van der Waals surface area contributed by atoms with Gasteiger partial charge in [-0.05, 0) is 37.3 Å². The fourth-order valence-electron chi connectivity index (χ4n) is 1.70. The minimum atomic E-state index is -3.71. The van der Waals surface area contributed by atoms with Crippen LogP contribution in [-0.4, -0.2) is 20.0 Å². The number of hydrogen-bond acceptors (Lipinski definition) is 4. The minimum absolute atomic E-state index is 0.00532. The predicted octanol–water partition coefficient (Wildman–Crippen LogP) is 2.10. The Hall–Kier alpha value is -1.99. The summed E-state index contributed by atoms with van der Waals surface area (Å²) in [6, 6.07) is 8.05. The molecule has 2 rings (SSSR count). The van der Waals surface area contributed by atoms with Gasteiger partial charge in [-0.2, -0.15) is 0 Å². The van der Waals surface area contributed by atoms with Crippen LogP contribution in [0.4, 0.5) is 4.39 Å². The molecule has 1 aromatic carbocycles. The molecule has 1 N–H and O–H groups in total. The van der Waals surface area contributed by atoms with Crippen LogP contribution in [0.5, 0.6) is 5.88 Å². The summed E-state index contributed by atoms with van der Waals surface area (Å²) in [6.07, 6.45) is 1.57. The van der Waals surface area contributed by atoms with Gasteiger partial charge in [0.05, 0.1) is 11.5 Å². The number of nitrogens with one attached hydrogen (secondary N) is 1. The predicted molar refractivity (Wildman–Crippen MR) is 75.8 cm³/mol. The van der Waals surface area contributed by atoms with Crippen LogP contribution in [-0.2, 0) is 16.6 Å². The summed E-state index contributed by atoms with van der Waals surface area (Å²) in [5.74, 6) is -0.0957. The molecule has 5 nitrogen and oxygen atoms in total. The second kappa shape index (κ2) is 6.64. The van der Waals surface area contributed by atoms with E-state index in [1.807, 2.05) is 6.92 Å². The molecule has 0 amide bonds. The largest absolute Gasteiger partial charge is 0.478 e. The van der Waals surface area contributed by atoms with Crippen molar-refractivity contribution >= 4 is 10.0 Å². The van der Waals surface area contributed by atoms with Gasteiger partial charge in [-0.25, -0.2) is 22.5 Å². The topological polar surface area (TPSA) is 68.3 Å². The Balaban J connectivity index is 2.13. The van der Waals surface area contributed by atoms with Crippen LogP contribution >= 0.6 is 0 Å². The van der Waals surface area contributed by atoms with Gasteiger partial charge in [0.1, 0.15) is 5.82 Å². The summed E-state index contributed by atoms with van der Waals surface area (Å²) < 4.78 is 44.8. The van der Waals surface area contributed by atoms with E-state index < -0.39 is 15.8 Å². The highest BCUT2D eigenvalue weighted by atomic mass is 32.2. The zero-order valence-electron chi connectivity index (χ0n) is 11.4. The first-order valence-electron chi connectivity index (χ1n) is 6.35. The molecule has 0 bridgehead atoms. The molecule has 0 aliphatic rings. The van der Waals surface area contributed by atoms with Crippen molar-refractivity contribution in [1.29, 1.82) is 0 Å². The fourth-order valence-corrected chi connectivity index (χ4v) is 2.70. The van der Waals surface area contributed by atoms with Crippen LogP contribution in [0.15, 0.2) is 47.5 Å². The van der Waals surface area contributed by atoms with E-state index in [-0.39, 0.29) is 11.4 Å². The minimum Gasteiger partial charge on any atom is -0.478 e. The Morgan fingerprint density at radius 2 is 1.95 bits per heavy atom. The molecule has 1 heterocycles. The number of halogens is 1. The van der Waals surface area contributed by atoms with Crippen LogP contribution in [0, 0.1) is 5.82 Å². The third-order valence-electron chi connectivity index (χ3n) is 2.71. The molecule has 0 atom stereocenters. The second-order valence-corrected chi connectivity index (χ2v) is 5.95. The van der Waals surface area contributed by atoms with Crippen molar-refractivity contribution in [2.75, 3.05) is 6.61 Å². The first-order valence-corrected chi connectivity index (χ1v) is 7.83. The van der Waals surface area contributed by atoms with Crippen LogP contribution in [0.3, 0.4) is 0 Å². The normalized spacial score (nSPS) is 11.3. The summed E-state index contributed by atoms with van der Waals surface area (Å²) in [4.78, 5) is 4.05. The zero-order chi connectivity index (χ0) is 15.3. The van der Waals surface area contributed by atoms with Crippen molar-refractivity contribution < 1.29 is 17.5 Å². The lowest BCUT2D eigenvalue weighted by molar-refractivity contribution is 0.322. The van der Waals surface area contributed by atoms with Gasteiger partial charge in [-0.15, -0.1) is 0 Å². The van der Waals surface area contributed by atoms with E-state index in [0.717, 1.165) is 12.1 Å². The first kappa shape index (κ1) is 15.4. The van der Waals surface area contributed by atoms with E-state index in [2.05, 4.69) is 9.71 Å². The summed E-state index contributed by atoms with van der Waals surface area (Å²) >= 11 is 0. The van der Waals surface area contributed by atoms with Crippen LogP contribution in [0.1, 0.15) is 12.5 Å². The average Bonchev–Trinajstić information content (AvgIpc) is 2.47. The molecule has 0 aliphatic heterocycles. The number of rotatable bonds is 6. The lowest BCUT2D eigenvalue weighted by Gasteiger charge is -2.10. The van der Waals surface area contributed by atoms with E-state index in [1.54, 1.807) is 18.3 Å². The van der Waals surface area contributed by atoms with Gasteiger partial charge >= 0.3 is 0 Å². The molecule has 0 fully saturated rings. The Morgan fingerprint density at radius 3 is 2.62 bits per heavy atom. The maximum atomic E-state index is 12.8. The lowest BCUT2D eigenvalue weighted by Crippen LogP contribution is -2.23. The smallest absolute Gasteiger partial charge is 0.240 e. The number of benzene rings is 1. The SMILES string of the molecule is CCOc1ncccc1CNS(=O)(=O)c1ccc(F)cc1. The second-order valence-electron chi connectivity index (χ2n) is 4.18. The summed E-state index contributed by atoms with van der Waals surface area (Å²) in [7, 11) is -3.71. The van der Waals surface area contributed by atoms with Crippen LogP contribution in [0.2, 0.25) is 0 Å². The maximum Gasteiger partial charge on any atom is 0.240 e. The van der Waals surface area contributed by atoms with E-state index >= 15 is 0 Å². The number of pyridine rings is 1. The maximum absolute atomic E-state index is 12.8. The highest BCUT2D eigenvalue weighted by Gasteiger charge is 2.15. The summed E-state index contributed by atoms with van der Waals surface area (Å²) in [5, 5.41) is 0. The van der Waals surface area contributed by atoms with Crippen molar-refractivity contribution in [2.24, 2.45) is 0 Å². The standard InChI is InChI=1S/C14H15FN2O3S/c1-2-20-14-11(4-3-9-16-14)10-17-21(18,19)13-7-5-12(15)6-8-13/h3-9,17H,2,10H2,1H3. The fraction of sp³-hybridized carbons (Fsp3) is 0.214. The van der Waals surface area contributed by atoms with E-state index in [0.29, 0.717) is 18.1 Å². The van der Waals surface area contributed by atoms with Gasteiger partial charge in [0, 0.05) is 18.3 Å². The highest BCUT2D eigenvalue weighted by Crippen LogP contribution is 2.16. The molecular formula is C14H15FN2O3S. The van der Waals surface area contributed by atoms with Crippen molar-refractivity contribution in [3.63, 3.8) is 0 Å². The molecule has 0 radical (unpaired) electrons.